The molecule has 2 saturated heterocycles. The number of ketones is 3. The van der Waals surface area contributed by atoms with Crippen LogP contribution in [0.1, 0.15) is 64.4 Å². The largest absolute Gasteiger partial charge is 0.379 e. The number of fused-ring (bicyclic) bond motifs is 1. The molecule has 228 valence electrons. The predicted octanol–water partition coefficient (Wildman–Crippen LogP) is 3.03. The van der Waals surface area contributed by atoms with Crippen molar-refractivity contribution in [2.75, 3.05) is 39.5 Å². The van der Waals surface area contributed by atoms with Crippen molar-refractivity contribution < 1.29 is 28.7 Å². The average molecular weight is 581 g/mol. The van der Waals surface area contributed by atoms with Gasteiger partial charge >= 0.3 is 0 Å². The van der Waals surface area contributed by atoms with E-state index >= 15 is 0 Å². The van der Waals surface area contributed by atoms with Gasteiger partial charge in [0, 0.05) is 43.2 Å². The number of carbonyl (C=O) groups excluding carboxylic acids is 4. The number of carbonyl (C=O) groups is 4. The molecule has 2 N–H and O–H groups in total. The minimum atomic E-state index is -0.814. The summed E-state index contributed by atoms with van der Waals surface area (Å²) in [5.41, 5.74) is 0.969. The highest BCUT2D eigenvalue weighted by molar-refractivity contribution is 5.97. The van der Waals surface area contributed by atoms with Gasteiger partial charge in [-0.15, -0.1) is 0 Å². The fraction of sp³-hybridized carbons (Fsp3) is 0.656. The van der Waals surface area contributed by atoms with Crippen molar-refractivity contribution in [2.24, 2.45) is 17.8 Å². The number of H-pyrrole nitrogens is 1. The molecule has 0 bridgehead atoms. The van der Waals surface area contributed by atoms with E-state index in [-0.39, 0.29) is 42.5 Å². The molecule has 3 aliphatic rings. The van der Waals surface area contributed by atoms with Gasteiger partial charge in [-0.1, -0.05) is 38.7 Å². The van der Waals surface area contributed by atoms with E-state index in [0.29, 0.717) is 51.8 Å². The quantitative estimate of drug-likeness (QED) is 0.307. The van der Waals surface area contributed by atoms with Gasteiger partial charge < -0.3 is 14.8 Å². The second-order valence-electron chi connectivity index (χ2n) is 12.7. The van der Waals surface area contributed by atoms with Crippen LogP contribution in [0.5, 0.6) is 0 Å². The van der Waals surface area contributed by atoms with Crippen molar-refractivity contribution in [3.05, 3.63) is 30.0 Å². The summed E-state index contributed by atoms with van der Waals surface area (Å²) >= 11 is 0. The Morgan fingerprint density at radius 2 is 1.88 bits per heavy atom. The first-order valence-electron chi connectivity index (χ1n) is 15.5. The first-order chi connectivity index (χ1) is 20.2. The smallest absolute Gasteiger partial charge is 0.223 e. The van der Waals surface area contributed by atoms with E-state index in [1.54, 1.807) is 20.0 Å². The number of benzene rings is 1. The molecule has 2 aliphatic heterocycles. The van der Waals surface area contributed by atoms with Gasteiger partial charge in [0.15, 0.2) is 11.6 Å². The molecule has 1 amide bonds. The summed E-state index contributed by atoms with van der Waals surface area (Å²) in [4.78, 5) is 55.5. The van der Waals surface area contributed by atoms with Gasteiger partial charge in [-0.2, -0.15) is 5.10 Å². The third-order valence-electron chi connectivity index (χ3n) is 9.14. The van der Waals surface area contributed by atoms with Crippen LogP contribution in [-0.2, 0) is 35.1 Å². The van der Waals surface area contributed by atoms with Crippen molar-refractivity contribution in [3.63, 3.8) is 0 Å². The Balaban J connectivity index is 1.28. The third-order valence-corrected chi connectivity index (χ3v) is 9.14. The maximum Gasteiger partial charge on any atom is 0.223 e. The summed E-state index contributed by atoms with van der Waals surface area (Å²) in [5, 5.41) is 10.9. The number of rotatable bonds is 15. The maximum absolute atomic E-state index is 13.9. The van der Waals surface area contributed by atoms with E-state index < -0.39 is 23.5 Å². The Hall–Kier alpha value is -2.95. The SMILES string of the molecule is CC(CC(=O)CN1CCOCC1)C(=O)NC(Cc1ccc2[nH]ncc2c1)C(=O)CC(CC1CCCC1)C(=O)C1(C)CO1. The number of nitrogens with one attached hydrogen (secondary N) is 2. The monoisotopic (exact) mass is 580 g/mol. The zero-order valence-electron chi connectivity index (χ0n) is 24.9. The number of nitrogens with zero attached hydrogens (tertiary/aromatic N) is 2. The van der Waals surface area contributed by atoms with E-state index in [4.69, 9.17) is 9.47 Å². The van der Waals surface area contributed by atoms with Crippen molar-refractivity contribution in [1.82, 2.24) is 20.4 Å². The Kier molecular flexibility index (Phi) is 9.85. The molecule has 1 aromatic carbocycles. The van der Waals surface area contributed by atoms with Crippen molar-refractivity contribution in [2.45, 2.75) is 76.9 Å². The fourth-order valence-electron chi connectivity index (χ4n) is 6.42. The maximum atomic E-state index is 13.9. The van der Waals surface area contributed by atoms with Crippen LogP contribution in [-0.4, -0.2) is 89.5 Å². The van der Waals surface area contributed by atoms with E-state index in [1.165, 1.54) is 0 Å². The second-order valence-corrected chi connectivity index (χ2v) is 12.7. The van der Waals surface area contributed by atoms with Gasteiger partial charge in [0.2, 0.25) is 5.91 Å². The molecule has 0 spiro atoms. The number of ether oxygens (including phenoxy) is 2. The molecule has 2 aromatic rings. The highest BCUT2D eigenvalue weighted by Crippen LogP contribution is 2.37. The van der Waals surface area contributed by atoms with Crippen LogP contribution in [0.4, 0.5) is 0 Å². The lowest BCUT2D eigenvalue weighted by molar-refractivity contribution is -0.134. The molecule has 4 atom stereocenters. The molecule has 1 saturated carbocycles. The van der Waals surface area contributed by atoms with Crippen molar-refractivity contribution in [1.29, 1.82) is 0 Å². The first-order valence-corrected chi connectivity index (χ1v) is 15.5. The number of aromatic nitrogens is 2. The summed E-state index contributed by atoms with van der Waals surface area (Å²) in [6, 6.07) is 4.97. The van der Waals surface area contributed by atoms with E-state index in [1.807, 2.05) is 23.1 Å². The molecule has 4 unspecified atom stereocenters. The molecular formula is C32H44N4O6. The zero-order chi connectivity index (χ0) is 29.7. The lowest BCUT2D eigenvalue weighted by atomic mass is 9.81. The Morgan fingerprint density at radius 1 is 1.14 bits per heavy atom. The third kappa shape index (κ3) is 7.90. The van der Waals surface area contributed by atoms with Crippen molar-refractivity contribution in [3.8, 4) is 0 Å². The van der Waals surface area contributed by atoms with Crippen LogP contribution in [0.3, 0.4) is 0 Å². The van der Waals surface area contributed by atoms with Crippen LogP contribution in [0.25, 0.3) is 10.9 Å². The molecule has 0 radical (unpaired) electrons. The van der Waals surface area contributed by atoms with Crippen LogP contribution < -0.4 is 5.32 Å². The van der Waals surface area contributed by atoms with Gasteiger partial charge in [-0.25, -0.2) is 0 Å². The van der Waals surface area contributed by atoms with Gasteiger partial charge in [-0.3, -0.25) is 29.2 Å². The number of amides is 1. The highest BCUT2D eigenvalue weighted by Gasteiger charge is 2.50. The first kappa shape index (κ1) is 30.5. The fourth-order valence-corrected chi connectivity index (χ4v) is 6.42. The number of aromatic amines is 1. The van der Waals surface area contributed by atoms with E-state index in [2.05, 4.69) is 15.5 Å². The van der Waals surface area contributed by atoms with Crippen LogP contribution >= 0.6 is 0 Å². The van der Waals surface area contributed by atoms with Gasteiger partial charge in [0.05, 0.1) is 44.1 Å². The average Bonchev–Trinajstić information content (AvgIpc) is 3.32. The van der Waals surface area contributed by atoms with Gasteiger partial charge in [-0.05, 0) is 43.4 Å². The van der Waals surface area contributed by atoms with Crippen LogP contribution in [0.2, 0.25) is 0 Å². The zero-order valence-corrected chi connectivity index (χ0v) is 24.9. The van der Waals surface area contributed by atoms with E-state index in [0.717, 1.165) is 42.1 Å². The van der Waals surface area contributed by atoms with Gasteiger partial charge in [0.25, 0.3) is 0 Å². The molecule has 1 aliphatic carbocycles. The molecule has 10 heteroatoms. The number of hydrogen-bond acceptors (Lipinski definition) is 8. The van der Waals surface area contributed by atoms with Crippen LogP contribution in [0, 0.1) is 17.8 Å². The minimum absolute atomic E-state index is 0.00489. The highest BCUT2D eigenvalue weighted by atomic mass is 16.6. The molecular weight excluding hydrogens is 536 g/mol. The lowest BCUT2D eigenvalue weighted by Crippen LogP contribution is -2.46. The Labute approximate surface area is 247 Å². The topological polar surface area (TPSA) is 134 Å². The minimum Gasteiger partial charge on any atom is -0.379 e. The predicted molar refractivity (Wildman–Crippen MR) is 157 cm³/mol. The molecule has 1 aromatic heterocycles. The number of hydrogen-bond donors (Lipinski definition) is 2. The normalized spacial score (nSPS) is 23.4. The molecule has 42 heavy (non-hydrogen) atoms. The number of epoxide rings is 1. The molecule has 3 heterocycles. The van der Waals surface area contributed by atoms with Crippen LogP contribution in [0.15, 0.2) is 24.4 Å². The van der Waals surface area contributed by atoms with Gasteiger partial charge in [0.1, 0.15) is 11.4 Å². The lowest BCUT2D eigenvalue weighted by Gasteiger charge is -2.26. The summed E-state index contributed by atoms with van der Waals surface area (Å²) in [6.45, 7) is 6.83. The summed E-state index contributed by atoms with van der Waals surface area (Å²) < 4.78 is 10.8. The van der Waals surface area contributed by atoms with E-state index in [9.17, 15) is 19.2 Å². The molecule has 3 fully saturated rings. The summed E-state index contributed by atoms with van der Waals surface area (Å²) in [6.07, 6.45) is 7.34. The molecule has 5 rings (SSSR count). The number of Topliss-reactive ketones (excluding diaryl/α,β-unsaturated/α-hetero) is 3. The number of morpholine rings is 1. The summed E-state index contributed by atoms with van der Waals surface area (Å²) in [5.74, 6) is -1.09. The standard InChI is InChI=1S/C32H44N4O6/c1-21(13-26(37)19-36-9-11-41-12-10-36)31(40)34-28(16-23-7-8-27-25(15-23)18-33-35-27)29(38)17-24(14-22-5-3-4-6-22)30(39)32(2)20-42-32/h7-8,15,18,21-22,24,28H,3-6,9-14,16-17,19-20H2,1-2H3,(H,33,35)(H,34,40). The Morgan fingerprint density at radius 3 is 2.60 bits per heavy atom. The van der Waals surface area contributed by atoms with Crippen molar-refractivity contribution >= 4 is 34.2 Å². The summed E-state index contributed by atoms with van der Waals surface area (Å²) in [7, 11) is 0. The second kappa shape index (κ2) is 13.6. The Bertz CT molecular complexity index is 1270. The molecule has 10 nitrogen and oxygen atoms in total.